The number of ether oxygens (including phenoxy) is 1. The average molecular weight is 462 g/mol. The molecule has 1 atom stereocenters. The van der Waals surface area contributed by atoms with Crippen molar-refractivity contribution in [1.82, 2.24) is 5.32 Å². The van der Waals surface area contributed by atoms with Gasteiger partial charge in [-0.3, -0.25) is 4.79 Å². The van der Waals surface area contributed by atoms with Gasteiger partial charge >= 0.3 is 0 Å². The number of carbonyl (C=O) groups excluding carboxylic acids is 1. The van der Waals surface area contributed by atoms with E-state index in [0.29, 0.717) is 11.3 Å². The molecular weight excluding hydrogens is 437 g/mol. The Morgan fingerprint density at radius 2 is 1.90 bits per heavy atom. The molecule has 1 amide bonds. The van der Waals surface area contributed by atoms with Crippen molar-refractivity contribution < 1.29 is 22.3 Å². The van der Waals surface area contributed by atoms with Crippen LogP contribution < -0.4 is 10.1 Å². The summed E-state index contributed by atoms with van der Waals surface area (Å²) in [6, 6.07) is 14.7. The van der Waals surface area contributed by atoms with Crippen molar-refractivity contribution in [1.29, 1.82) is 0 Å². The topological polar surface area (TPSA) is 72.5 Å². The predicted molar refractivity (Wildman–Crippen MR) is 120 cm³/mol. The molecular formula is C23H24FNO4S2. The number of nitrogens with one attached hydrogen (secondary N) is 1. The highest BCUT2D eigenvalue weighted by Crippen LogP contribution is 2.32. The van der Waals surface area contributed by atoms with E-state index in [1.807, 2.05) is 24.3 Å². The SMILES string of the molecule is COc1ccc(CCC(=O)NC[C@@H](c2cccs2)S(=O)(=O)c2ccc(F)c(C)c2)cc1. The second kappa shape index (κ2) is 10.1. The zero-order valence-corrected chi connectivity index (χ0v) is 18.9. The smallest absolute Gasteiger partial charge is 0.220 e. The molecule has 0 spiro atoms. The molecule has 1 aromatic heterocycles. The summed E-state index contributed by atoms with van der Waals surface area (Å²) in [5.41, 5.74) is 1.25. The second-order valence-electron chi connectivity index (χ2n) is 7.11. The van der Waals surface area contributed by atoms with Crippen LogP contribution in [0.1, 0.15) is 27.7 Å². The monoisotopic (exact) mass is 461 g/mol. The predicted octanol–water partition coefficient (Wildman–Crippen LogP) is 4.47. The third kappa shape index (κ3) is 5.71. The van der Waals surface area contributed by atoms with E-state index in [1.165, 1.54) is 30.4 Å². The molecule has 164 valence electrons. The molecule has 0 radical (unpaired) electrons. The van der Waals surface area contributed by atoms with Gasteiger partial charge < -0.3 is 10.1 Å². The van der Waals surface area contributed by atoms with Crippen molar-refractivity contribution in [2.75, 3.05) is 13.7 Å². The van der Waals surface area contributed by atoms with Crippen LogP contribution in [0.4, 0.5) is 4.39 Å². The number of thiophene rings is 1. The standard InChI is InChI=1S/C23H24FNO4S2/c1-16-14-19(10-11-20(16)24)31(27,28)22(21-4-3-13-30-21)15-25-23(26)12-7-17-5-8-18(29-2)9-6-17/h3-6,8-11,13-14,22H,7,12,15H2,1-2H3,(H,25,26)/t22-/m0/s1. The number of rotatable bonds is 9. The summed E-state index contributed by atoms with van der Waals surface area (Å²) >= 11 is 1.31. The Morgan fingerprint density at radius 1 is 1.16 bits per heavy atom. The van der Waals surface area contributed by atoms with Crippen LogP contribution in [0.15, 0.2) is 64.9 Å². The van der Waals surface area contributed by atoms with Crippen molar-refractivity contribution in [2.24, 2.45) is 0 Å². The van der Waals surface area contributed by atoms with Gasteiger partial charge in [0.05, 0.1) is 12.0 Å². The largest absolute Gasteiger partial charge is 0.497 e. The Hall–Kier alpha value is -2.71. The lowest BCUT2D eigenvalue weighted by molar-refractivity contribution is -0.121. The van der Waals surface area contributed by atoms with Crippen LogP contribution in [-0.2, 0) is 21.1 Å². The summed E-state index contributed by atoms with van der Waals surface area (Å²) < 4.78 is 45.3. The lowest BCUT2D eigenvalue weighted by atomic mass is 10.1. The van der Waals surface area contributed by atoms with Gasteiger partial charge in [-0.05, 0) is 66.2 Å². The third-order valence-corrected chi connectivity index (χ3v) is 8.19. The third-order valence-electron chi connectivity index (χ3n) is 4.98. The molecule has 0 saturated carbocycles. The molecule has 0 aliphatic carbocycles. The molecule has 0 fully saturated rings. The highest BCUT2D eigenvalue weighted by atomic mass is 32.2. The molecule has 1 heterocycles. The molecule has 3 aromatic rings. The zero-order valence-electron chi connectivity index (χ0n) is 17.3. The van der Waals surface area contributed by atoms with E-state index in [-0.39, 0.29) is 29.3 Å². The Bertz CT molecular complexity index is 1130. The summed E-state index contributed by atoms with van der Waals surface area (Å²) in [4.78, 5) is 13.1. The van der Waals surface area contributed by atoms with E-state index in [2.05, 4.69) is 5.32 Å². The van der Waals surface area contributed by atoms with Crippen LogP contribution in [0, 0.1) is 12.7 Å². The minimum atomic E-state index is -3.82. The molecule has 5 nitrogen and oxygen atoms in total. The van der Waals surface area contributed by atoms with Crippen molar-refractivity contribution in [3.05, 3.63) is 81.8 Å². The van der Waals surface area contributed by atoms with Crippen molar-refractivity contribution in [3.63, 3.8) is 0 Å². The number of sulfone groups is 1. The molecule has 0 unspecified atom stereocenters. The molecule has 2 aromatic carbocycles. The van der Waals surface area contributed by atoms with Gasteiger partial charge in [-0.1, -0.05) is 18.2 Å². The Kier molecular flexibility index (Phi) is 7.46. The Balaban J connectivity index is 1.70. The minimum absolute atomic E-state index is 0.0391. The molecule has 8 heteroatoms. The Morgan fingerprint density at radius 3 is 2.52 bits per heavy atom. The molecule has 0 aliphatic rings. The fraction of sp³-hybridized carbons (Fsp3) is 0.261. The fourth-order valence-electron chi connectivity index (χ4n) is 3.14. The normalized spacial score (nSPS) is 12.4. The molecule has 3 rings (SSSR count). The first-order valence-corrected chi connectivity index (χ1v) is 12.2. The molecule has 0 saturated heterocycles. The number of carbonyl (C=O) groups is 1. The van der Waals surface area contributed by atoms with E-state index >= 15 is 0 Å². The second-order valence-corrected chi connectivity index (χ2v) is 10.2. The zero-order chi connectivity index (χ0) is 22.4. The first kappa shape index (κ1) is 23.0. The van der Waals surface area contributed by atoms with E-state index < -0.39 is 20.9 Å². The summed E-state index contributed by atoms with van der Waals surface area (Å²) in [5, 5.41) is 3.60. The summed E-state index contributed by atoms with van der Waals surface area (Å²) in [5.74, 6) is 0.0505. The molecule has 31 heavy (non-hydrogen) atoms. The van der Waals surface area contributed by atoms with Crippen molar-refractivity contribution in [2.45, 2.75) is 29.9 Å². The molecule has 1 N–H and O–H groups in total. The van der Waals surface area contributed by atoms with Gasteiger partial charge in [-0.15, -0.1) is 11.3 Å². The Labute approximate surface area is 185 Å². The maximum absolute atomic E-state index is 13.6. The van der Waals surface area contributed by atoms with Crippen LogP contribution in [0.5, 0.6) is 5.75 Å². The van der Waals surface area contributed by atoms with E-state index in [9.17, 15) is 17.6 Å². The average Bonchev–Trinajstić information content (AvgIpc) is 3.28. The van der Waals surface area contributed by atoms with Gasteiger partial charge in [-0.25, -0.2) is 12.8 Å². The van der Waals surface area contributed by atoms with E-state index in [1.54, 1.807) is 24.6 Å². The van der Waals surface area contributed by atoms with Gasteiger partial charge in [0.2, 0.25) is 5.91 Å². The maximum Gasteiger partial charge on any atom is 0.220 e. The first-order chi connectivity index (χ1) is 14.8. The minimum Gasteiger partial charge on any atom is -0.497 e. The number of methoxy groups -OCH3 is 1. The summed E-state index contributed by atoms with van der Waals surface area (Å²) in [6.07, 6.45) is 0.766. The summed E-state index contributed by atoms with van der Waals surface area (Å²) in [6.45, 7) is 1.47. The number of aryl methyl sites for hydroxylation is 2. The van der Waals surface area contributed by atoms with Crippen molar-refractivity contribution >= 4 is 27.1 Å². The molecule has 0 bridgehead atoms. The fourth-order valence-corrected chi connectivity index (χ4v) is 6.01. The van der Waals surface area contributed by atoms with Crippen LogP contribution >= 0.6 is 11.3 Å². The maximum atomic E-state index is 13.6. The lowest BCUT2D eigenvalue weighted by Crippen LogP contribution is -2.31. The van der Waals surface area contributed by atoms with Crippen LogP contribution in [0.3, 0.4) is 0 Å². The number of amides is 1. The first-order valence-electron chi connectivity index (χ1n) is 9.74. The number of halogens is 1. The van der Waals surface area contributed by atoms with Crippen LogP contribution in [0.25, 0.3) is 0 Å². The van der Waals surface area contributed by atoms with E-state index in [4.69, 9.17) is 4.74 Å². The van der Waals surface area contributed by atoms with Gasteiger partial charge in [0.25, 0.3) is 0 Å². The number of hydrogen-bond acceptors (Lipinski definition) is 5. The van der Waals surface area contributed by atoms with Gasteiger partial charge in [0, 0.05) is 17.8 Å². The van der Waals surface area contributed by atoms with Crippen molar-refractivity contribution in [3.8, 4) is 5.75 Å². The van der Waals surface area contributed by atoms with Crippen LogP contribution in [-0.4, -0.2) is 28.0 Å². The highest BCUT2D eigenvalue weighted by molar-refractivity contribution is 7.91. The number of hydrogen-bond donors (Lipinski definition) is 1. The van der Waals surface area contributed by atoms with Gasteiger partial charge in [-0.2, -0.15) is 0 Å². The van der Waals surface area contributed by atoms with Gasteiger partial charge in [0.15, 0.2) is 9.84 Å². The van der Waals surface area contributed by atoms with E-state index in [0.717, 1.165) is 17.4 Å². The quantitative estimate of drug-likeness (QED) is 0.477. The lowest BCUT2D eigenvalue weighted by Gasteiger charge is -2.18. The molecule has 0 aliphatic heterocycles. The van der Waals surface area contributed by atoms with Gasteiger partial charge in [0.1, 0.15) is 16.8 Å². The number of benzene rings is 2. The van der Waals surface area contributed by atoms with Crippen LogP contribution in [0.2, 0.25) is 0 Å². The highest BCUT2D eigenvalue weighted by Gasteiger charge is 2.30. The summed E-state index contributed by atoms with van der Waals surface area (Å²) in [7, 11) is -2.23.